The van der Waals surface area contributed by atoms with Crippen molar-refractivity contribution in [3.05, 3.63) is 59.7 Å². The largest absolute Gasteiger partial charge is 0.352 e. The Bertz CT molecular complexity index is 870. The minimum atomic E-state index is -4.04. The molecule has 0 unspecified atom stereocenters. The van der Waals surface area contributed by atoms with Crippen LogP contribution in [0.2, 0.25) is 0 Å². The van der Waals surface area contributed by atoms with Gasteiger partial charge in [0.25, 0.3) is 15.9 Å². The number of hydrogen-bond acceptors (Lipinski definition) is 3. The van der Waals surface area contributed by atoms with Crippen molar-refractivity contribution >= 4 is 21.6 Å². The molecule has 0 atom stereocenters. The highest BCUT2D eigenvalue weighted by atomic mass is 32.2. The third-order valence-electron chi connectivity index (χ3n) is 3.39. The predicted octanol–water partition coefficient (Wildman–Crippen LogP) is 3.30. The van der Waals surface area contributed by atoms with Crippen molar-refractivity contribution in [2.45, 2.75) is 24.7 Å². The summed E-state index contributed by atoms with van der Waals surface area (Å²) in [6.45, 7) is 2.49. The lowest BCUT2D eigenvalue weighted by Gasteiger charge is -2.10. The van der Waals surface area contributed by atoms with E-state index < -0.39 is 21.7 Å². The van der Waals surface area contributed by atoms with Crippen LogP contribution in [0.5, 0.6) is 0 Å². The zero-order chi connectivity index (χ0) is 18.4. The van der Waals surface area contributed by atoms with Crippen LogP contribution >= 0.6 is 0 Å². The summed E-state index contributed by atoms with van der Waals surface area (Å²) in [5, 5.41) is 2.70. The quantitative estimate of drug-likeness (QED) is 0.737. The van der Waals surface area contributed by atoms with Gasteiger partial charge in [-0.05, 0) is 36.8 Å². The molecule has 0 aromatic heterocycles. The molecule has 2 aromatic rings. The summed E-state index contributed by atoms with van der Waals surface area (Å²) >= 11 is 0. The molecule has 134 valence electrons. The van der Waals surface area contributed by atoms with E-state index in [1.807, 2.05) is 6.92 Å². The van der Waals surface area contributed by atoms with Crippen LogP contribution in [-0.4, -0.2) is 20.9 Å². The molecule has 2 rings (SSSR count). The molecule has 0 spiro atoms. The zero-order valence-electron chi connectivity index (χ0n) is 13.6. The average Bonchev–Trinajstić information content (AvgIpc) is 2.58. The fourth-order valence-electron chi connectivity index (χ4n) is 2.06. The molecule has 0 saturated heterocycles. The second kappa shape index (κ2) is 8.06. The highest BCUT2D eigenvalue weighted by Gasteiger charge is 2.17. The van der Waals surface area contributed by atoms with Crippen LogP contribution in [-0.2, 0) is 10.0 Å². The maximum atomic E-state index is 13.2. The van der Waals surface area contributed by atoms with Crippen molar-refractivity contribution in [3.63, 3.8) is 0 Å². The van der Waals surface area contributed by atoms with E-state index in [9.17, 15) is 22.0 Å². The van der Waals surface area contributed by atoms with Crippen molar-refractivity contribution in [1.82, 2.24) is 5.32 Å². The van der Waals surface area contributed by atoms with E-state index in [0.717, 1.165) is 31.0 Å². The fraction of sp³-hybridized carbons (Fsp3) is 0.235. The second-order valence-electron chi connectivity index (χ2n) is 5.37. The van der Waals surface area contributed by atoms with Crippen molar-refractivity contribution in [1.29, 1.82) is 0 Å². The number of amides is 1. The van der Waals surface area contributed by atoms with E-state index >= 15 is 0 Å². The lowest BCUT2D eigenvalue weighted by molar-refractivity contribution is 0.0953. The molecule has 0 aliphatic carbocycles. The van der Waals surface area contributed by atoms with E-state index in [0.29, 0.717) is 6.54 Å². The van der Waals surface area contributed by atoms with Gasteiger partial charge in [-0.25, -0.2) is 17.2 Å². The molecule has 0 saturated carbocycles. The van der Waals surface area contributed by atoms with E-state index in [2.05, 4.69) is 10.0 Å². The molecule has 2 N–H and O–H groups in total. The van der Waals surface area contributed by atoms with E-state index in [1.54, 1.807) is 0 Å². The van der Waals surface area contributed by atoms with E-state index in [-0.39, 0.29) is 22.1 Å². The lowest BCUT2D eigenvalue weighted by atomic mass is 10.2. The van der Waals surface area contributed by atoms with Crippen molar-refractivity contribution in [2.75, 3.05) is 11.3 Å². The van der Waals surface area contributed by atoms with Crippen LogP contribution in [0, 0.1) is 11.6 Å². The van der Waals surface area contributed by atoms with Crippen LogP contribution in [0.15, 0.2) is 47.4 Å². The number of halogens is 2. The molecule has 0 heterocycles. The van der Waals surface area contributed by atoms with Crippen LogP contribution < -0.4 is 10.0 Å². The van der Waals surface area contributed by atoms with Crippen LogP contribution in [0.1, 0.15) is 30.1 Å². The summed E-state index contributed by atoms with van der Waals surface area (Å²) in [5.74, 6) is -2.61. The standard InChI is InChI=1S/C17H18F2N2O3S/c1-2-3-9-20-17(22)12-5-4-6-14(10-12)25(23,24)21-13-7-8-15(18)16(19)11-13/h4-8,10-11,21H,2-3,9H2,1H3,(H,20,22). The molecule has 0 radical (unpaired) electrons. The Hall–Kier alpha value is -2.48. The Morgan fingerprint density at radius 1 is 1.08 bits per heavy atom. The Morgan fingerprint density at radius 2 is 1.84 bits per heavy atom. The number of benzene rings is 2. The van der Waals surface area contributed by atoms with Gasteiger partial charge in [0, 0.05) is 18.2 Å². The number of carbonyl (C=O) groups excluding carboxylic acids is 1. The number of anilines is 1. The summed E-state index contributed by atoms with van der Waals surface area (Å²) in [4.78, 5) is 11.9. The Kier molecular flexibility index (Phi) is 6.08. The first kappa shape index (κ1) is 18.9. The van der Waals surface area contributed by atoms with Gasteiger partial charge in [0.2, 0.25) is 0 Å². The Labute approximate surface area is 145 Å². The predicted molar refractivity (Wildman–Crippen MR) is 90.8 cm³/mol. The minimum absolute atomic E-state index is 0.114. The molecule has 2 aromatic carbocycles. The van der Waals surface area contributed by atoms with Crippen LogP contribution in [0.4, 0.5) is 14.5 Å². The number of nitrogens with one attached hydrogen (secondary N) is 2. The monoisotopic (exact) mass is 368 g/mol. The van der Waals surface area contributed by atoms with Crippen molar-refractivity contribution in [2.24, 2.45) is 0 Å². The zero-order valence-corrected chi connectivity index (χ0v) is 14.4. The second-order valence-corrected chi connectivity index (χ2v) is 7.05. The van der Waals surface area contributed by atoms with Gasteiger partial charge in [0.15, 0.2) is 11.6 Å². The summed E-state index contributed by atoms with van der Waals surface area (Å²) in [6, 6.07) is 8.15. The Morgan fingerprint density at radius 3 is 2.52 bits per heavy atom. The SMILES string of the molecule is CCCCNC(=O)c1cccc(S(=O)(=O)Nc2ccc(F)c(F)c2)c1. The first-order valence-corrected chi connectivity index (χ1v) is 9.18. The van der Waals surface area contributed by atoms with Gasteiger partial charge in [-0.1, -0.05) is 19.4 Å². The molecule has 0 aliphatic heterocycles. The maximum Gasteiger partial charge on any atom is 0.261 e. The fourth-order valence-corrected chi connectivity index (χ4v) is 3.15. The molecule has 25 heavy (non-hydrogen) atoms. The third kappa shape index (κ3) is 4.99. The van der Waals surface area contributed by atoms with Gasteiger partial charge in [-0.3, -0.25) is 9.52 Å². The van der Waals surface area contributed by atoms with Crippen molar-refractivity contribution < 1.29 is 22.0 Å². The molecular weight excluding hydrogens is 350 g/mol. The third-order valence-corrected chi connectivity index (χ3v) is 4.77. The molecule has 0 fully saturated rings. The first-order valence-electron chi connectivity index (χ1n) is 7.69. The summed E-state index contributed by atoms with van der Waals surface area (Å²) in [7, 11) is -4.04. The van der Waals surface area contributed by atoms with Gasteiger partial charge in [-0.15, -0.1) is 0 Å². The highest BCUT2D eigenvalue weighted by molar-refractivity contribution is 7.92. The van der Waals surface area contributed by atoms with E-state index in [1.165, 1.54) is 24.3 Å². The molecule has 8 heteroatoms. The number of carbonyl (C=O) groups is 1. The van der Waals surface area contributed by atoms with Gasteiger partial charge in [0.1, 0.15) is 0 Å². The van der Waals surface area contributed by atoms with Crippen LogP contribution in [0.25, 0.3) is 0 Å². The number of sulfonamides is 1. The van der Waals surface area contributed by atoms with Gasteiger partial charge in [0.05, 0.1) is 10.6 Å². The topological polar surface area (TPSA) is 75.3 Å². The minimum Gasteiger partial charge on any atom is -0.352 e. The van der Waals surface area contributed by atoms with Crippen molar-refractivity contribution in [3.8, 4) is 0 Å². The van der Waals surface area contributed by atoms with Crippen LogP contribution in [0.3, 0.4) is 0 Å². The van der Waals surface area contributed by atoms with Gasteiger partial charge in [-0.2, -0.15) is 0 Å². The lowest BCUT2D eigenvalue weighted by Crippen LogP contribution is -2.24. The average molecular weight is 368 g/mol. The number of hydrogen-bond donors (Lipinski definition) is 2. The molecule has 1 amide bonds. The first-order chi connectivity index (χ1) is 11.8. The normalized spacial score (nSPS) is 11.2. The number of unbranched alkanes of at least 4 members (excludes halogenated alkanes) is 1. The molecule has 0 bridgehead atoms. The van der Waals surface area contributed by atoms with Gasteiger partial charge < -0.3 is 5.32 Å². The highest BCUT2D eigenvalue weighted by Crippen LogP contribution is 2.19. The molecule has 0 aliphatic rings. The molecule has 5 nitrogen and oxygen atoms in total. The summed E-state index contributed by atoms with van der Waals surface area (Å²) in [6.07, 6.45) is 1.74. The summed E-state index contributed by atoms with van der Waals surface area (Å²) in [5.41, 5.74) is 0.0842. The molecular formula is C17H18F2N2O3S. The number of rotatable bonds is 7. The smallest absolute Gasteiger partial charge is 0.261 e. The summed E-state index contributed by atoms with van der Waals surface area (Å²) < 4.78 is 53.0. The Balaban J connectivity index is 2.20. The maximum absolute atomic E-state index is 13.2. The van der Waals surface area contributed by atoms with E-state index in [4.69, 9.17) is 0 Å². The van der Waals surface area contributed by atoms with Gasteiger partial charge >= 0.3 is 0 Å².